The Bertz CT molecular complexity index is 1050. The van der Waals surface area contributed by atoms with Crippen molar-refractivity contribution in [2.24, 2.45) is 0 Å². The van der Waals surface area contributed by atoms with Gasteiger partial charge in [-0.05, 0) is 30.4 Å². The molecular weight excluding hydrogens is 448 g/mol. The summed E-state index contributed by atoms with van der Waals surface area (Å²) in [6, 6.07) is 42.5. The van der Waals surface area contributed by atoms with Crippen molar-refractivity contribution >= 4 is 17.5 Å². The van der Waals surface area contributed by atoms with E-state index in [1.165, 1.54) is 22.5 Å². The quantitative estimate of drug-likeness (QED) is 0.380. The maximum atomic E-state index is 8.33. The molecule has 0 unspecified atom stereocenters. The van der Waals surface area contributed by atoms with Crippen LogP contribution in [-0.4, -0.2) is 34.3 Å². The highest BCUT2D eigenvalue weighted by atomic mass is 16.6. The van der Waals surface area contributed by atoms with Crippen LogP contribution in [0.25, 0.3) is 0 Å². The minimum absolute atomic E-state index is 0.880. The van der Waals surface area contributed by atoms with Gasteiger partial charge in [0.15, 0.2) is 0 Å². The highest BCUT2D eigenvalue weighted by Crippen LogP contribution is 2.22. The molecule has 4 rings (SSSR count). The number of carbonyl (C=O) groups excluding carboxylic acids is 1. The number of hydrogen-bond acceptors (Lipinski definition) is 3. The molecule has 0 atom stereocenters. The molecular formula is C31H36N2O3. The smallest absolute Gasteiger partial charge is 0.132 e. The van der Waals surface area contributed by atoms with Gasteiger partial charge in [0.2, 0.25) is 0 Å². The summed E-state index contributed by atoms with van der Waals surface area (Å²) in [7, 11) is 8.95. The normalized spacial score (nSPS) is 10.8. The van der Waals surface area contributed by atoms with Crippen LogP contribution in [-0.2, 0) is 13.1 Å². The van der Waals surface area contributed by atoms with Crippen molar-refractivity contribution in [2.75, 3.05) is 28.2 Å². The van der Waals surface area contributed by atoms with E-state index in [4.69, 9.17) is 15.0 Å². The minimum atomic E-state index is -2.33. The Hall–Kier alpha value is -3.93. The number of rotatable bonds is 6. The number of nitrogens with zero attached hydrogens (tertiary/aromatic N) is 2. The molecule has 0 N–H and O–H groups in total. The lowest BCUT2D eigenvalue weighted by Crippen LogP contribution is -2.39. The Morgan fingerprint density at radius 3 is 0.972 bits per heavy atom. The fourth-order valence-corrected chi connectivity index (χ4v) is 3.93. The molecule has 0 aliphatic carbocycles. The van der Waals surface area contributed by atoms with Gasteiger partial charge >= 0.3 is 0 Å². The lowest BCUT2D eigenvalue weighted by Gasteiger charge is -2.29. The van der Waals surface area contributed by atoms with Crippen LogP contribution in [0.15, 0.2) is 121 Å². The summed E-state index contributed by atoms with van der Waals surface area (Å²) >= 11 is 0. The summed E-state index contributed by atoms with van der Waals surface area (Å²) in [6.07, 6.45) is -2.33. The first-order valence-corrected chi connectivity index (χ1v) is 11.8. The van der Waals surface area contributed by atoms with E-state index in [-0.39, 0.29) is 0 Å². The molecule has 0 saturated carbocycles. The number of carboxylic acid groups (broad SMARTS) is 2. The van der Waals surface area contributed by atoms with E-state index in [0.29, 0.717) is 0 Å². The van der Waals surface area contributed by atoms with Crippen molar-refractivity contribution < 1.29 is 15.0 Å². The van der Waals surface area contributed by atoms with Crippen LogP contribution in [0.4, 0.5) is 16.2 Å². The predicted molar refractivity (Wildman–Crippen MR) is 146 cm³/mol. The van der Waals surface area contributed by atoms with E-state index in [9.17, 15) is 0 Å². The van der Waals surface area contributed by atoms with Crippen LogP contribution in [0.3, 0.4) is 0 Å². The molecule has 36 heavy (non-hydrogen) atoms. The average Bonchev–Trinajstić information content (AvgIpc) is 2.86. The predicted octanol–water partition coefficient (Wildman–Crippen LogP) is 4.46. The summed E-state index contributed by atoms with van der Waals surface area (Å²) in [4.78, 5) is 8.33. The van der Waals surface area contributed by atoms with Crippen molar-refractivity contribution in [2.45, 2.75) is 13.1 Å². The lowest BCUT2D eigenvalue weighted by atomic mass is 10.2. The molecule has 0 saturated heterocycles. The second-order valence-corrected chi connectivity index (χ2v) is 9.58. The Labute approximate surface area is 215 Å². The maximum absolute atomic E-state index is 8.33. The molecule has 0 spiro atoms. The number of benzene rings is 4. The van der Waals surface area contributed by atoms with Gasteiger partial charge in [-0.1, -0.05) is 97.1 Å². The van der Waals surface area contributed by atoms with Gasteiger partial charge in [0, 0.05) is 11.1 Å². The van der Waals surface area contributed by atoms with E-state index in [1.807, 2.05) is 0 Å². The molecule has 0 amide bonds. The number of para-hydroxylation sites is 2. The molecule has 0 radical (unpaired) electrons. The summed E-state index contributed by atoms with van der Waals surface area (Å²) in [6.45, 7) is 2.04. The second-order valence-electron chi connectivity index (χ2n) is 9.58. The second kappa shape index (κ2) is 13.8. The van der Waals surface area contributed by atoms with Crippen LogP contribution in [0.5, 0.6) is 0 Å². The van der Waals surface area contributed by atoms with Crippen LogP contribution in [0.2, 0.25) is 0 Å². The van der Waals surface area contributed by atoms with Gasteiger partial charge in [-0.15, -0.1) is 0 Å². The molecule has 5 nitrogen and oxygen atoms in total. The highest BCUT2D eigenvalue weighted by molar-refractivity contribution is 5.47. The summed E-state index contributed by atoms with van der Waals surface area (Å²) in [5.41, 5.74) is 5.42. The van der Waals surface area contributed by atoms with Crippen molar-refractivity contribution in [3.8, 4) is 0 Å². The number of hydrogen-bond donors (Lipinski definition) is 0. The van der Waals surface area contributed by atoms with Crippen LogP contribution in [0, 0.1) is 0 Å². The molecule has 188 valence electrons. The molecule has 0 fully saturated rings. The number of quaternary nitrogens is 2. The van der Waals surface area contributed by atoms with Crippen molar-refractivity contribution in [1.82, 2.24) is 8.97 Å². The van der Waals surface area contributed by atoms with Gasteiger partial charge in [-0.3, -0.25) is 8.97 Å². The van der Waals surface area contributed by atoms with Gasteiger partial charge in [0.05, 0.1) is 28.2 Å². The van der Waals surface area contributed by atoms with Gasteiger partial charge in [0.1, 0.15) is 24.5 Å². The Kier molecular flexibility index (Phi) is 10.9. The molecule has 0 aliphatic rings. The Morgan fingerprint density at radius 1 is 0.500 bits per heavy atom. The minimum Gasteiger partial charge on any atom is -0.652 e. The number of carbonyl (C=O) groups is 1. The third-order valence-electron chi connectivity index (χ3n) is 5.75. The summed E-state index contributed by atoms with van der Waals surface area (Å²) in [5, 5.41) is 16.7. The first-order chi connectivity index (χ1) is 17.1. The summed E-state index contributed by atoms with van der Waals surface area (Å²) in [5.74, 6) is 0. The van der Waals surface area contributed by atoms with Crippen molar-refractivity contribution in [3.63, 3.8) is 0 Å². The standard InChI is InChI=1S/2C15H18N.CH2O3/c2*1-16(2,15-11-7-4-8-12-15)13-14-9-5-3-6-10-14;2-1(3)4/h2*3-12H,13H2,1-2H3;(H2,2,3,4)/q2*+1;/p-2. The van der Waals surface area contributed by atoms with Crippen molar-refractivity contribution in [3.05, 3.63) is 132 Å². The molecule has 0 heterocycles. The zero-order valence-corrected chi connectivity index (χ0v) is 21.6. The Balaban J connectivity index is 0.000000221. The Morgan fingerprint density at radius 2 is 0.722 bits per heavy atom. The first-order valence-electron chi connectivity index (χ1n) is 11.8. The van der Waals surface area contributed by atoms with Gasteiger partial charge < -0.3 is 15.0 Å². The fraction of sp³-hybridized carbons (Fsp3) is 0.194. The average molecular weight is 485 g/mol. The van der Waals surface area contributed by atoms with E-state index in [2.05, 4.69) is 150 Å². The largest absolute Gasteiger partial charge is 0.652 e. The van der Waals surface area contributed by atoms with Gasteiger partial charge in [-0.2, -0.15) is 0 Å². The molecule has 0 aromatic heterocycles. The molecule has 5 heteroatoms. The van der Waals surface area contributed by atoms with Crippen molar-refractivity contribution in [1.29, 1.82) is 0 Å². The third kappa shape index (κ3) is 10.1. The topological polar surface area (TPSA) is 63.2 Å². The zero-order chi connectivity index (χ0) is 26.4. The lowest BCUT2D eigenvalue weighted by molar-refractivity contribution is -0.415. The zero-order valence-electron chi connectivity index (χ0n) is 21.6. The molecule has 0 aliphatic heterocycles. The van der Waals surface area contributed by atoms with E-state index < -0.39 is 6.16 Å². The molecule has 4 aromatic carbocycles. The third-order valence-corrected chi connectivity index (χ3v) is 5.75. The van der Waals surface area contributed by atoms with Crippen LogP contribution >= 0.6 is 0 Å². The SMILES string of the molecule is C[N+](C)(Cc1ccccc1)c1ccccc1.C[N+](C)(Cc1ccccc1)c1ccccc1.O=C([O-])[O-]. The first kappa shape index (κ1) is 28.3. The van der Waals surface area contributed by atoms with E-state index in [0.717, 1.165) is 22.1 Å². The maximum Gasteiger partial charge on any atom is 0.132 e. The molecule has 4 aromatic rings. The van der Waals surface area contributed by atoms with Gasteiger partial charge in [0.25, 0.3) is 0 Å². The van der Waals surface area contributed by atoms with Crippen LogP contribution in [0.1, 0.15) is 11.1 Å². The van der Waals surface area contributed by atoms with E-state index >= 15 is 0 Å². The fourth-order valence-electron chi connectivity index (χ4n) is 3.93. The van der Waals surface area contributed by atoms with Gasteiger partial charge in [-0.25, -0.2) is 0 Å². The summed E-state index contributed by atoms with van der Waals surface area (Å²) < 4.78 is 1.76. The highest BCUT2D eigenvalue weighted by Gasteiger charge is 2.19. The monoisotopic (exact) mass is 484 g/mol. The molecule has 0 bridgehead atoms. The van der Waals surface area contributed by atoms with E-state index in [1.54, 1.807) is 0 Å². The van der Waals surface area contributed by atoms with Crippen LogP contribution < -0.4 is 19.2 Å².